The van der Waals surface area contributed by atoms with Gasteiger partial charge in [-0.05, 0) is 26.1 Å². The Bertz CT molecular complexity index is 284. The van der Waals surface area contributed by atoms with E-state index >= 15 is 0 Å². The van der Waals surface area contributed by atoms with E-state index in [4.69, 9.17) is 0 Å². The monoisotopic (exact) mass is 249 g/mol. The van der Waals surface area contributed by atoms with Gasteiger partial charge >= 0.3 is 0 Å². The van der Waals surface area contributed by atoms with Gasteiger partial charge in [-0.15, -0.1) is 0 Å². The third kappa shape index (κ3) is 4.78. The van der Waals surface area contributed by atoms with Gasteiger partial charge in [0.15, 0.2) is 0 Å². The fraction of sp³-hybridized carbons (Fsp3) is 1.00. The lowest BCUT2D eigenvalue weighted by Gasteiger charge is -2.33. The number of hydrogen-bond donors (Lipinski definition) is 1. The lowest BCUT2D eigenvalue weighted by atomic mass is 10.3. The maximum absolute atomic E-state index is 11.3. The summed E-state index contributed by atoms with van der Waals surface area (Å²) < 4.78 is 24.1. The molecular formula is C10H23N3O2S. The van der Waals surface area contributed by atoms with Crippen LogP contribution in [-0.2, 0) is 10.0 Å². The molecular weight excluding hydrogens is 226 g/mol. The molecule has 1 aliphatic rings. The second-order valence-corrected chi connectivity index (χ2v) is 6.19. The largest absolute Gasteiger partial charge is 0.317 e. The third-order valence-corrected chi connectivity index (χ3v) is 4.18. The molecule has 0 aromatic rings. The Balaban J connectivity index is 2.17. The molecule has 1 N–H and O–H groups in total. The van der Waals surface area contributed by atoms with Crippen LogP contribution >= 0.6 is 0 Å². The maximum atomic E-state index is 11.3. The highest BCUT2D eigenvalue weighted by molar-refractivity contribution is 7.88. The zero-order valence-corrected chi connectivity index (χ0v) is 11.1. The van der Waals surface area contributed by atoms with Gasteiger partial charge < -0.3 is 10.2 Å². The molecule has 0 spiro atoms. The minimum atomic E-state index is -2.98. The first-order valence-corrected chi connectivity index (χ1v) is 7.77. The predicted molar refractivity (Wildman–Crippen MR) is 66.0 cm³/mol. The van der Waals surface area contributed by atoms with Gasteiger partial charge in [0.05, 0.1) is 6.26 Å². The Labute approximate surface area is 98.8 Å². The summed E-state index contributed by atoms with van der Waals surface area (Å²) in [5.41, 5.74) is 0. The fourth-order valence-corrected chi connectivity index (χ4v) is 2.72. The smallest absolute Gasteiger partial charge is 0.211 e. The van der Waals surface area contributed by atoms with Crippen molar-refractivity contribution >= 4 is 10.0 Å². The molecule has 6 heteroatoms. The van der Waals surface area contributed by atoms with Gasteiger partial charge in [0.1, 0.15) is 0 Å². The van der Waals surface area contributed by atoms with Gasteiger partial charge in [-0.3, -0.25) is 0 Å². The van der Waals surface area contributed by atoms with E-state index in [1.165, 1.54) is 6.26 Å². The lowest BCUT2D eigenvalue weighted by molar-refractivity contribution is 0.187. The zero-order valence-electron chi connectivity index (χ0n) is 10.3. The molecule has 0 radical (unpaired) electrons. The van der Waals surface area contributed by atoms with E-state index in [9.17, 15) is 8.42 Å². The van der Waals surface area contributed by atoms with Crippen molar-refractivity contribution in [3.05, 3.63) is 0 Å². The van der Waals surface area contributed by atoms with Gasteiger partial charge in [-0.2, -0.15) is 4.31 Å². The Kier molecular flexibility index (Phi) is 5.68. The molecule has 0 aliphatic carbocycles. The summed E-state index contributed by atoms with van der Waals surface area (Å²) in [6, 6.07) is 0. The summed E-state index contributed by atoms with van der Waals surface area (Å²) in [6.45, 7) is 8.22. The number of nitrogens with one attached hydrogen (secondary N) is 1. The zero-order chi connectivity index (χ0) is 12.0. The van der Waals surface area contributed by atoms with Crippen molar-refractivity contribution in [2.45, 2.75) is 13.3 Å². The predicted octanol–water partition coefficient (Wildman–Crippen LogP) is -0.437. The molecule has 0 bridgehead atoms. The van der Waals surface area contributed by atoms with Crippen molar-refractivity contribution in [2.75, 3.05) is 52.1 Å². The number of sulfonamides is 1. The van der Waals surface area contributed by atoms with Crippen molar-refractivity contribution in [3.63, 3.8) is 0 Å². The molecule has 5 nitrogen and oxygen atoms in total. The molecule has 1 heterocycles. The Morgan fingerprint density at radius 1 is 1.19 bits per heavy atom. The molecule has 1 saturated heterocycles. The SMILES string of the molecule is CCNCCCN1CCN(S(C)(=O)=O)CC1. The minimum absolute atomic E-state index is 0.639. The summed E-state index contributed by atoms with van der Waals surface area (Å²) in [5, 5.41) is 3.29. The van der Waals surface area contributed by atoms with E-state index in [1.54, 1.807) is 4.31 Å². The van der Waals surface area contributed by atoms with Crippen molar-refractivity contribution in [1.29, 1.82) is 0 Å². The van der Waals surface area contributed by atoms with Crippen LogP contribution in [0.4, 0.5) is 0 Å². The van der Waals surface area contributed by atoms with Gasteiger partial charge in [-0.1, -0.05) is 6.92 Å². The molecule has 0 aromatic carbocycles. The summed E-state index contributed by atoms with van der Waals surface area (Å²) in [7, 11) is -2.98. The standard InChI is InChI=1S/C10H23N3O2S/c1-3-11-5-4-6-12-7-9-13(10-8-12)16(2,14)15/h11H,3-10H2,1-2H3. The first kappa shape index (κ1) is 13.9. The molecule has 1 rings (SSSR count). The topological polar surface area (TPSA) is 52.6 Å². The van der Waals surface area contributed by atoms with Crippen molar-refractivity contribution < 1.29 is 8.42 Å². The second kappa shape index (κ2) is 6.54. The van der Waals surface area contributed by atoms with Gasteiger partial charge in [0.2, 0.25) is 10.0 Å². The van der Waals surface area contributed by atoms with Gasteiger partial charge in [0.25, 0.3) is 0 Å². The average molecular weight is 249 g/mol. The van der Waals surface area contributed by atoms with Gasteiger partial charge in [-0.25, -0.2) is 8.42 Å². The molecule has 0 saturated carbocycles. The van der Waals surface area contributed by atoms with Crippen molar-refractivity contribution in [1.82, 2.24) is 14.5 Å². The van der Waals surface area contributed by atoms with Crippen molar-refractivity contribution in [2.24, 2.45) is 0 Å². The van der Waals surface area contributed by atoms with Crippen LogP contribution < -0.4 is 5.32 Å². The third-order valence-electron chi connectivity index (χ3n) is 2.88. The number of hydrogen-bond acceptors (Lipinski definition) is 4. The average Bonchev–Trinajstić information content (AvgIpc) is 2.24. The maximum Gasteiger partial charge on any atom is 0.211 e. The number of nitrogens with zero attached hydrogens (tertiary/aromatic N) is 2. The first-order valence-electron chi connectivity index (χ1n) is 5.92. The van der Waals surface area contributed by atoms with E-state index in [-0.39, 0.29) is 0 Å². The van der Waals surface area contributed by atoms with Crippen LogP contribution in [0.15, 0.2) is 0 Å². The summed E-state index contributed by atoms with van der Waals surface area (Å²) in [5.74, 6) is 0. The fourth-order valence-electron chi connectivity index (χ4n) is 1.89. The molecule has 0 atom stereocenters. The molecule has 1 fully saturated rings. The highest BCUT2D eigenvalue weighted by atomic mass is 32.2. The van der Waals surface area contributed by atoms with E-state index in [2.05, 4.69) is 17.1 Å². The molecule has 0 aromatic heterocycles. The highest BCUT2D eigenvalue weighted by Crippen LogP contribution is 2.05. The quantitative estimate of drug-likeness (QED) is 0.649. The summed E-state index contributed by atoms with van der Waals surface area (Å²) in [6.07, 6.45) is 2.42. The van der Waals surface area contributed by atoms with Gasteiger partial charge in [0, 0.05) is 26.2 Å². The van der Waals surface area contributed by atoms with E-state index < -0.39 is 10.0 Å². The van der Waals surface area contributed by atoms with Crippen LogP contribution in [0.3, 0.4) is 0 Å². The molecule has 0 unspecified atom stereocenters. The van der Waals surface area contributed by atoms with Crippen LogP contribution in [0.2, 0.25) is 0 Å². The lowest BCUT2D eigenvalue weighted by Crippen LogP contribution is -2.48. The van der Waals surface area contributed by atoms with Crippen molar-refractivity contribution in [3.8, 4) is 0 Å². The van der Waals surface area contributed by atoms with Crippen LogP contribution in [0.5, 0.6) is 0 Å². The molecule has 1 aliphatic heterocycles. The number of rotatable bonds is 6. The van der Waals surface area contributed by atoms with E-state index in [0.717, 1.165) is 39.1 Å². The van der Waals surface area contributed by atoms with E-state index in [1.807, 2.05) is 0 Å². The Hall–Kier alpha value is -0.170. The number of piperazine rings is 1. The second-order valence-electron chi connectivity index (χ2n) is 4.21. The minimum Gasteiger partial charge on any atom is -0.317 e. The highest BCUT2D eigenvalue weighted by Gasteiger charge is 2.22. The normalized spacial score (nSPS) is 20.1. The van der Waals surface area contributed by atoms with E-state index in [0.29, 0.717) is 13.1 Å². The summed E-state index contributed by atoms with van der Waals surface area (Å²) in [4.78, 5) is 2.33. The van der Waals surface area contributed by atoms with Crippen LogP contribution in [0.25, 0.3) is 0 Å². The summed E-state index contributed by atoms with van der Waals surface area (Å²) >= 11 is 0. The van der Waals surface area contributed by atoms with Crippen LogP contribution in [-0.4, -0.2) is 69.7 Å². The van der Waals surface area contributed by atoms with Crippen LogP contribution in [0.1, 0.15) is 13.3 Å². The molecule has 0 amide bonds. The molecule has 96 valence electrons. The molecule has 16 heavy (non-hydrogen) atoms. The Morgan fingerprint density at radius 2 is 1.81 bits per heavy atom. The van der Waals surface area contributed by atoms with Crippen LogP contribution in [0, 0.1) is 0 Å². The Morgan fingerprint density at radius 3 is 2.31 bits per heavy atom. The first-order chi connectivity index (χ1) is 7.54.